The number of fused-ring (bicyclic) bond motifs is 1. The van der Waals surface area contributed by atoms with Crippen LogP contribution in [0.4, 0.5) is 18.9 Å². The fraction of sp³-hybridized carbons (Fsp3) is 0.227. The summed E-state index contributed by atoms with van der Waals surface area (Å²) in [6.07, 6.45) is -4.04. The number of hydrogen-bond donors (Lipinski definition) is 0. The summed E-state index contributed by atoms with van der Waals surface area (Å²) in [5.41, 5.74) is 1.49. The van der Waals surface area contributed by atoms with E-state index in [1.807, 2.05) is 31.2 Å². The van der Waals surface area contributed by atoms with Crippen molar-refractivity contribution < 1.29 is 22.4 Å². The van der Waals surface area contributed by atoms with E-state index in [1.165, 1.54) is 6.07 Å². The maximum atomic E-state index is 12.9. The topological polar surface area (TPSA) is 33.5 Å². The van der Waals surface area contributed by atoms with Crippen LogP contribution in [0.5, 0.6) is 0 Å². The summed E-state index contributed by atoms with van der Waals surface area (Å²) in [4.78, 5) is 14.5. The predicted molar refractivity (Wildman–Crippen MR) is 100 cm³/mol. The van der Waals surface area contributed by atoms with Gasteiger partial charge in [-0.15, -0.1) is 0 Å². The molecule has 1 amide bonds. The molecule has 0 saturated carbocycles. The van der Waals surface area contributed by atoms with Gasteiger partial charge in [-0.05, 0) is 42.8 Å². The van der Waals surface area contributed by atoms with E-state index >= 15 is 0 Å². The van der Waals surface area contributed by atoms with Crippen molar-refractivity contribution in [2.75, 3.05) is 11.4 Å². The van der Waals surface area contributed by atoms with Crippen LogP contribution in [-0.4, -0.2) is 12.5 Å². The smallest absolute Gasteiger partial charge is 0.416 e. The number of nitrogens with zero attached hydrogens (tertiary/aromatic N) is 1. The van der Waals surface area contributed by atoms with Crippen LogP contribution in [0.2, 0.25) is 0 Å². The minimum atomic E-state index is -4.41. The molecule has 0 radical (unpaired) electrons. The molecule has 3 aromatic rings. The molecule has 1 aromatic heterocycles. The SMILES string of the molecule is CCN1C(=O)C(Cc2ccc(-c3cccc(C(F)(F)F)c3)o2)c2ccccc21. The molecule has 144 valence electrons. The van der Waals surface area contributed by atoms with E-state index in [9.17, 15) is 18.0 Å². The Kier molecular flexibility index (Phi) is 4.49. The summed E-state index contributed by atoms with van der Waals surface area (Å²) in [5, 5.41) is 0. The standard InChI is InChI=1S/C22H18F3NO2/c1-2-26-19-9-4-3-8-17(19)18(21(26)27)13-16-10-11-20(28-16)14-6-5-7-15(12-14)22(23,24)25/h3-12,18H,2,13H2,1H3. The highest BCUT2D eigenvalue weighted by Gasteiger charge is 2.36. The van der Waals surface area contributed by atoms with Gasteiger partial charge in [0.2, 0.25) is 5.91 Å². The molecule has 1 atom stereocenters. The molecule has 0 aliphatic carbocycles. The van der Waals surface area contributed by atoms with Crippen LogP contribution in [0.15, 0.2) is 65.1 Å². The van der Waals surface area contributed by atoms with E-state index in [0.717, 1.165) is 23.4 Å². The number of carbonyl (C=O) groups is 1. The number of furan rings is 1. The van der Waals surface area contributed by atoms with Crippen LogP contribution < -0.4 is 4.90 Å². The van der Waals surface area contributed by atoms with Crippen molar-refractivity contribution in [3.05, 3.63) is 77.6 Å². The summed E-state index contributed by atoms with van der Waals surface area (Å²) < 4.78 is 44.6. The first-order chi connectivity index (χ1) is 13.4. The van der Waals surface area contributed by atoms with Gasteiger partial charge in [0.1, 0.15) is 11.5 Å². The summed E-state index contributed by atoms with van der Waals surface area (Å²) in [6.45, 7) is 2.51. The van der Waals surface area contributed by atoms with Crippen molar-refractivity contribution in [1.82, 2.24) is 0 Å². The zero-order valence-electron chi connectivity index (χ0n) is 15.2. The van der Waals surface area contributed by atoms with Gasteiger partial charge in [0, 0.05) is 24.2 Å². The van der Waals surface area contributed by atoms with E-state index in [0.29, 0.717) is 30.0 Å². The average molecular weight is 385 g/mol. The summed E-state index contributed by atoms with van der Waals surface area (Å²) in [5.74, 6) is 0.586. The number of alkyl halides is 3. The first-order valence-electron chi connectivity index (χ1n) is 9.05. The van der Waals surface area contributed by atoms with Gasteiger partial charge in [0.15, 0.2) is 0 Å². The second kappa shape index (κ2) is 6.86. The lowest BCUT2D eigenvalue weighted by Gasteiger charge is -2.14. The van der Waals surface area contributed by atoms with E-state index < -0.39 is 11.7 Å². The summed E-state index contributed by atoms with van der Waals surface area (Å²) >= 11 is 0. The summed E-state index contributed by atoms with van der Waals surface area (Å²) in [6, 6.07) is 16.1. The number of halogens is 3. The van der Waals surface area contributed by atoms with Crippen molar-refractivity contribution >= 4 is 11.6 Å². The first-order valence-corrected chi connectivity index (χ1v) is 9.05. The number of likely N-dealkylation sites (N-methyl/N-ethyl adjacent to an activating group) is 1. The van der Waals surface area contributed by atoms with E-state index in [1.54, 1.807) is 23.1 Å². The summed E-state index contributed by atoms with van der Waals surface area (Å²) in [7, 11) is 0. The Hall–Kier alpha value is -3.02. The third kappa shape index (κ3) is 3.19. The molecule has 0 spiro atoms. The quantitative estimate of drug-likeness (QED) is 0.581. The fourth-order valence-electron chi connectivity index (χ4n) is 3.68. The van der Waals surface area contributed by atoms with Crippen molar-refractivity contribution in [2.24, 2.45) is 0 Å². The van der Waals surface area contributed by atoms with Crippen LogP contribution in [0.3, 0.4) is 0 Å². The lowest BCUT2D eigenvalue weighted by atomic mass is 9.96. The Balaban J connectivity index is 1.61. The second-order valence-electron chi connectivity index (χ2n) is 6.74. The number of carbonyl (C=O) groups excluding carboxylic acids is 1. The van der Waals surface area contributed by atoms with Crippen LogP contribution >= 0.6 is 0 Å². The minimum absolute atomic E-state index is 0.0146. The largest absolute Gasteiger partial charge is 0.461 e. The van der Waals surface area contributed by atoms with Gasteiger partial charge in [0.05, 0.1) is 11.5 Å². The zero-order valence-corrected chi connectivity index (χ0v) is 15.2. The molecule has 1 aliphatic heterocycles. The minimum Gasteiger partial charge on any atom is -0.461 e. The third-order valence-electron chi connectivity index (χ3n) is 5.02. The van der Waals surface area contributed by atoms with Gasteiger partial charge in [0.25, 0.3) is 0 Å². The molecule has 3 nitrogen and oxygen atoms in total. The highest BCUT2D eigenvalue weighted by atomic mass is 19.4. The molecule has 2 heterocycles. The Morgan fingerprint density at radius 2 is 1.82 bits per heavy atom. The molecular weight excluding hydrogens is 367 g/mol. The molecule has 0 bridgehead atoms. The van der Waals surface area contributed by atoms with Gasteiger partial charge < -0.3 is 9.32 Å². The number of anilines is 1. The Bertz CT molecular complexity index is 1020. The molecule has 6 heteroatoms. The zero-order chi connectivity index (χ0) is 19.9. The number of hydrogen-bond acceptors (Lipinski definition) is 2. The molecule has 0 N–H and O–H groups in total. The molecule has 28 heavy (non-hydrogen) atoms. The highest BCUT2D eigenvalue weighted by Crippen LogP contribution is 2.39. The van der Waals surface area contributed by atoms with Gasteiger partial charge in [-0.25, -0.2) is 0 Å². The van der Waals surface area contributed by atoms with Crippen molar-refractivity contribution in [1.29, 1.82) is 0 Å². The molecular formula is C22H18F3NO2. The molecule has 1 aliphatic rings. The third-order valence-corrected chi connectivity index (χ3v) is 5.02. The monoisotopic (exact) mass is 385 g/mol. The number of benzene rings is 2. The Morgan fingerprint density at radius 1 is 1.04 bits per heavy atom. The van der Waals surface area contributed by atoms with Gasteiger partial charge in [-0.1, -0.05) is 30.3 Å². The maximum Gasteiger partial charge on any atom is 0.416 e. The number of para-hydroxylation sites is 1. The molecule has 0 fully saturated rings. The Labute approximate surface area is 160 Å². The molecule has 1 unspecified atom stereocenters. The number of rotatable bonds is 4. The second-order valence-corrected chi connectivity index (χ2v) is 6.74. The van der Waals surface area contributed by atoms with Crippen LogP contribution in [0.1, 0.15) is 29.7 Å². The van der Waals surface area contributed by atoms with Gasteiger partial charge in [-0.2, -0.15) is 13.2 Å². The maximum absolute atomic E-state index is 12.9. The van der Waals surface area contributed by atoms with Crippen molar-refractivity contribution in [3.63, 3.8) is 0 Å². The average Bonchev–Trinajstić information content (AvgIpc) is 3.25. The van der Waals surface area contributed by atoms with E-state index in [2.05, 4.69) is 0 Å². The van der Waals surface area contributed by atoms with Crippen LogP contribution in [0, 0.1) is 0 Å². The normalized spacial score (nSPS) is 16.5. The van der Waals surface area contributed by atoms with Crippen molar-refractivity contribution in [3.8, 4) is 11.3 Å². The van der Waals surface area contributed by atoms with E-state index in [4.69, 9.17) is 4.42 Å². The molecule has 2 aromatic carbocycles. The first kappa shape index (κ1) is 18.3. The lowest BCUT2D eigenvalue weighted by molar-refractivity contribution is -0.137. The van der Waals surface area contributed by atoms with Crippen LogP contribution in [-0.2, 0) is 17.4 Å². The van der Waals surface area contributed by atoms with E-state index in [-0.39, 0.29) is 11.8 Å². The number of amides is 1. The molecule has 0 saturated heterocycles. The Morgan fingerprint density at radius 3 is 2.57 bits per heavy atom. The predicted octanol–water partition coefficient (Wildman–Crippen LogP) is 5.66. The lowest BCUT2D eigenvalue weighted by Crippen LogP contribution is -2.28. The van der Waals surface area contributed by atoms with Gasteiger partial charge in [-0.3, -0.25) is 4.79 Å². The fourth-order valence-corrected chi connectivity index (χ4v) is 3.68. The molecule has 4 rings (SSSR count). The highest BCUT2D eigenvalue weighted by molar-refractivity contribution is 6.05. The van der Waals surface area contributed by atoms with Crippen molar-refractivity contribution in [2.45, 2.75) is 25.4 Å². The van der Waals surface area contributed by atoms with Gasteiger partial charge >= 0.3 is 6.18 Å². The van der Waals surface area contributed by atoms with Crippen LogP contribution in [0.25, 0.3) is 11.3 Å².